The molecular formula is C39H30N4O. The van der Waals surface area contributed by atoms with Crippen molar-refractivity contribution in [3.05, 3.63) is 180 Å². The normalized spacial score (nSPS) is 14.7. The molecule has 44 heavy (non-hydrogen) atoms. The molecule has 1 aliphatic heterocycles. The molecule has 0 fully saturated rings. The summed E-state index contributed by atoms with van der Waals surface area (Å²) >= 11 is 0. The summed E-state index contributed by atoms with van der Waals surface area (Å²) in [4.78, 5) is 0. The minimum Gasteiger partial charge on any atom is -0.416 e. The molecule has 0 unspecified atom stereocenters. The molecule has 1 N–H and O–H groups in total. The number of hydrogen-bond donors (Lipinski definition) is 1. The number of allylic oxidation sites excluding steroid dienone is 1. The number of nitrogens with zero attached hydrogens (tertiary/aromatic N) is 3. The van der Waals surface area contributed by atoms with E-state index in [1.54, 1.807) is 0 Å². The van der Waals surface area contributed by atoms with Gasteiger partial charge in [-0.25, -0.2) is 0 Å². The number of hydrazine groups is 1. The van der Waals surface area contributed by atoms with Gasteiger partial charge in [0.05, 0.1) is 17.4 Å². The Balaban J connectivity index is 1.04. The predicted molar refractivity (Wildman–Crippen MR) is 179 cm³/mol. The molecule has 0 spiro atoms. The molecule has 0 aliphatic carbocycles. The van der Waals surface area contributed by atoms with Gasteiger partial charge >= 0.3 is 0 Å². The lowest BCUT2D eigenvalue weighted by Gasteiger charge is -2.27. The van der Waals surface area contributed by atoms with E-state index in [-0.39, 0.29) is 6.04 Å². The van der Waals surface area contributed by atoms with Crippen molar-refractivity contribution in [1.29, 1.82) is 0 Å². The third-order valence-corrected chi connectivity index (χ3v) is 7.50. The summed E-state index contributed by atoms with van der Waals surface area (Å²) in [6, 6.07) is 47.5. The molecule has 2 heterocycles. The van der Waals surface area contributed by atoms with Gasteiger partial charge in [0.2, 0.25) is 11.8 Å². The molecule has 5 nitrogen and oxygen atoms in total. The molecule has 0 amide bonds. The number of benzene rings is 5. The second-order valence-electron chi connectivity index (χ2n) is 10.5. The van der Waals surface area contributed by atoms with Crippen LogP contribution in [0.3, 0.4) is 0 Å². The first-order valence-electron chi connectivity index (χ1n) is 14.6. The fraction of sp³-hybridized carbons (Fsp3) is 0.0256. The predicted octanol–water partition coefficient (Wildman–Crippen LogP) is 9.24. The molecule has 0 saturated heterocycles. The zero-order valence-corrected chi connectivity index (χ0v) is 24.0. The van der Waals surface area contributed by atoms with E-state index in [0.717, 1.165) is 33.6 Å². The Morgan fingerprint density at radius 2 is 1.02 bits per heavy atom. The maximum Gasteiger partial charge on any atom is 0.248 e. The monoisotopic (exact) mass is 570 g/mol. The van der Waals surface area contributed by atoms with Gasteiger partial charge in [0.25, 0.3) is 0 Å². The molecule has 212 valence electrons. The highest BCUT2D eigenvalue weighted by molar-refractivity contribution is 5.72. The van der Waals surface area contributed by atoms with Crippen molar-refractivity contribution in [2.24, 2.45) is 0 Å². The fourth-order valence-electron chi connectivity index (χ4n) is 5.17. The summed E-state index contributed by atoms with van der Waals surface area (Å²) in [5.41, 5.74) is 12.2. The van der Waals surface area contributed by atoms with Gasteiger partial charge in [0.15, 0.2) is 0 Å². The van der Waals surface area contributed by atoms with Crippen LogP contribution in [0, 0.1) is 0 Å². The van der Waals surface area contributed by atoms with Gasteiger partial charge in [-0.1, -0.05) is 121 Å². The average Bonchev–Trinajstić information content (AvgIpc) is 3.77. The third-order valence-electron chi connectivity index (χ3n) is 7.50. The lowest BCUT2D eigenvalue weighted by atomic mass is 10.1. The molecule has 1 aliphatic rings. The second kappa shape index (κ2) is 12.5. The van der Waals surface area contributed by atoms with Crippen LogP contribution >= 0.6 is 0 Å². The van der Waals surface area contributed by atoms with Crippen molar-refractivity contribution < 1.29 is 4.42 Å². The maximum absolute atomic E-state index is 5.90. The Kier molecular flexibility index (Phi) is 7.66. The fourth-order valence-corrected chi connectivity index (χ4v) is 5.17. The Hall–Kier alpha value is -5.94. The van der Waals surface area contributed by atoms with E-state index in [1.165, 1.54) is 11.1 Å². The van der Waals surface area contributed by atoms with E-state index in [1.807, 2.05) is 48.5 Å². The number of anilines is 1. The van der Waals surface area contributed by atoms with Crippen LogP contribution in [-0.2, 0) is 0 Å². The smallest absolute Gasteiger partial charge is 0.248 e. The molecule has 5 heteroatoms. The molecular weight excluding hydrogens is 540 g/mol. The van der Waals surface area contributed by atoms with Crippen molar-refractivity contribution >= 4 is 23.9 Å². The van der Waals surface area contributed by atoms with Gasteiger partial charge in [-0.3, -0.25) is 10.4 Å². The molecule has 7 rings (SSSR count). The van der Waals surface area contributed by atoms with Crippen molar-refractivity contribution in [3.63, 3.8) is 0 Å². The van der Waals surface area contributed by atoms with Gasteiger partial charge in [-0.15, -0.1) is 10.2 Å². The van der Waals surface area contributed by atoms with Crippen LogP contribution in [0.5, 0.6) is 0 Å². The van der Waals surface area contributed by atoms with Crippen LogP contribution in [0.1, 0.15) is 28.3 Å². The molecule has 0 bridgehead atoms. The Morgan fingerprint density at radius 1 is 0.523 bits per heavy atom. The summed E-state index contributed by atoms with van der Waals surface area (Å²) in [6.45, 7) is 0. The van der Waals surface area contributed by atoms with E-state index in [9.17, 15) is 0 Å². The van der Waals surface area contributed by atoms with E-state index in [4.69, 9.17) is 4.42 Å². The number of aromatic nitrogens is 2. The zero-order chi connectivity index (χ0) is 29.6. The lowest BCUT2D eigenvalue weighted by Crippen LogP contribution is -2.34. The second-order valence-corrected chi connectivity index (χ2v) is 10.5. The summed E-state index contributed by atoms with van der Waals surface area (Å²) in [6.07, 6.45) is 10.8. The highest BCUT2D eigenvalue weighted by Gasteiger charge is 2.25. The Labute approximate surface area is 257 Å². The summed E-state index contributed by atoms with van der Waals surface area (Å²) in [7, 11) is 0. The van der Waals surface area contributed by atoms with E-state index < -0.39 is 0 Å². The highest BCUT2D eigenvalue weighted by Crippen LogP contribution is 2.33. The van der Waals surface area contributed by atoms with E-state index in [2.05, 4.69) is 142 Å². The highest BCUT2D eigenvalue weighted by atomic mass is 16.4. The average molecular weight is 571 g/mol. The molecule has 5 aromatic carbocycles. The number of nitrogens with one attached hydrogen (secondary N) is 1. The van der Waals surface area contributed by atoms with Gasteiger partial charge in [0.1, 0.15) is 0 Å². The minimum atomic E-state index is 0.0779. The first-order chi connectivity index (χ1) is 21.8. The molecule has 1 aromatic heterocycles. The molecule has 0 radical (unpaired) electrons. The SMILES string of the molecule is C1=C(/C=C/c2ccccc2)NN(c2ccc(/C=C/c3ccc(-c4nnc(-c5ccccc5)o4)cc3)cc2)[C@H]1c1ccccc1. The largest absolute Gasteiger partial charge is 0.416 e. The van der Waals surface area contributed by atoms with Gasteiger partial charge < -0.3 is 4.42 Å². The standard InChI is InChI=1S/C39H30N4O/c1-4-10-29(11-5-1)20-25-35-28-37(32-12-6-2-7-13-32)43(42-35)36-26-21-31(22-27-36)17-16-30-18-23-34(24-19-30)39-41-40-38(44-39)33-14-8-3-9-15-33/h1-28,37,42H/b17-16+,25-20+/t37-/m1/s1. The first kappa shape index (κ1) is 26.9. The van der Waals surface area contributed by atoms with Crippen molar-refractivity contribution in [2.45, 2.75) is 6.04 Å². The van der Waals surface area contributed by atoms with Crippen LogP contribution in [-0.4, -0.2) is 10.2 Å². The lowest BCUT2D eigenvalue weighted by molar-refractivity contribution is 0.584. The summed E-state index contributed by atoms with van der Waals surface area (Å²) < 4.78 is 5.90. The molecule has 0 saturated carbocycles. The van der Waals surface area contributed by atoms with Crippen molar-refractivity contribution in [3.8, 4) is 22.9 Å². The van der Waals surface area contributed by atoms with Crippen molar-refractivity contribution in [1.82, 2.24) is 15.6 Å². The van der Waals surface area contributed by atoms with Crippen LogP contribution < -0.4 is 10.4 Å². The first-order valence-corrected chi connectivity index (χ1v) is 14.6. The Morgan fingerprint density at radius 3 is 1.66 bits per heavy atom. The maximum atomic E-state index is 5.90. The quantitative estimate of drug-likeness (QED) is 0.185. The molecule has 6 aromatic rings. The van der Waals surface area contributed by atoms with Crippen LogP contribution in [0.25, 0.3) is 41.1 Å². The number of hydrogen-bond acceptors (Lipinski definition) is 5. The topological polar surface area (TPSA) is 54.2 Å². The van der Waals surface area contributed by atoms with Gasteiger partial charge in [-0.05, 0) is 70.8 Å². The van der Waals surface area contributed by atoms with Crippen LogP contribution in [0.15, 0.2) is 162 Å². The van der Waals surface area contributed by atoms with Gasteiger partial charge in [0, 0.05) is 11.1 Å². The summed E-state index contributed by atoms with van der Waals surface area (Å²) in [5, 5.41) is 10.6. The third kappa shape index (κ3) is 6.13. The summed E-state index contributed by atoms with van der Waals surface area (Å²) in [5.74, 6) is 1.02. The molecule has 1 atom stereocenters. The zero-order valence-electron chi connectivity index (χ0n) is 24.0. The van der Waals surface area contributed by atoms with Gasteiger partial charge in [-0.2, -0.15) is 0 Å². The van der Waals surface area contributed by atoms with E-state index in [0.29, 0.717) is 11.8 Å². The van der Waals surface area contributed by atoms with Crippen LogP contribution in [0.4, 0.5) is 5.69 Å². The minimum absolute atomic E-state index is 0.0779. The number of rotatable bonds is 8. The van der Waals surface area contributed by atoms with Crippen molar-refractivity contribution in [2.75, 3.05) is 5.01 Å². The van der Waals surface area contributed by atoms with Crippen LogP contribution in [0.2, 0.25) is 0 Å². The van der Waals surface area contributed by atoms with E-state index >= 15 is 0 Å². The Bertz CT molecular complexity index is 1910.